The van der Waals surface area contributed by atoms with E-state index in [1.165, 1.54) is 15.3 Å². The number of aryl methyl sites for hydroxylation is 1. The highest BCUT2D eigenvalue weighted by Gasteiger charge is 2.16. The first-order chi connectivity index (χ1) is 12.0. The van der Waals surface area contributed by atoms with Gasteiger partial charge in [0.2, 0.25) is 4.77 Å². The molecule has 0 saturated carbocycles. The fourth-order valence-corrected chi connectivity index (χ4v) is 4.20. The molecule has 0 fully saturated rings. The first-order valence-corrected chi connectivity index (χ1v) is 9.87. The maximum atomic E-state index is 6.05. The van der Waals surface area contributed by atoms with Crippen LogP contribution in [0.3, 0.4) is 0 Å². The second kappa shape index (κ2) is 7.83. The predicted molar refractivity (Wildman–Crippen MR) is 107 cm³/mol. The summed E-state index contributed by atoms with van der Waals surface area (Å²) in [4.78, 5) is 2.67. The van der Waals surface area contributed by atoms with Crippen LogP contribution in [0.15, 0.2) is 36.4 Å². The van der Waals surface area contributed by atoms with Gasteiger partial charge in [-0.15, -0.1) is 16.4 Å². The Labute approximate surface area is 162 Å². The molecule has 2 heterocycles. The molecule has 0 aliphatic heterocycles. The monoisotopic (exact) mass is 393 g/mol. The SMILES string of the molecule is CC[NH+](Cc1ccc(Cl)s1)Cn1nc(-c2ccccc2C)n(C)c1=S. The topological polar surface area (TPSA) is 27.2 Å². The van der Waals surface area contributed by atoms with E-state index in [1.807, 2.05) is 34.5 Å². The summed E-state index contributed by atoms with van der Waals surface area (Å²) in [6, 6.07) is 12.3. The average molecular weight is 394 g/mol. The van der Waals surface area contributed by atoms with E-state index in [0.717, 1.165) is 40.3 Å². The highest BCUT2D eigenvalue weighted by atomic mass is 35.5. The molecule has 2 aromatic heterocycles. The number of thiophene rings is 1. The van der Waals surface area contributed by atoms with E-state index in [0.29, 0.717) is 0 Å². The van der Waals surface area contributed by atoms with Crippen molar-refractivity contribution in [2.45, 2.75) is 27.1 Å². The number of hydrogen-bond acceptors (Lipinski definition) is 3. The van der Waals surface area contributed by atoms with Gasteiger partial charge in [0.15, 0.2) is 12.5 Å². The van der Waals surface area contributed by atoms with Gasteiger partial charge in [-0.25, -0.2) is 0 Å². The van der Waals surface area contributed by atoms with Crippen molar-refractivity contribution in [1.29, 1.82) is 0 Å². The molecule has 25 heavy (non-hydrogen) atoms. The highest BCUT2D eigenvalue weighted by molar-refractivity contribution is 7.71. The largest absolute Gasteiger partial charge is 0.312 e. The van der Waals surface area contributed by atoms with Crippen LogP contribution < -0.4 is 4.90 Å². The molecule has 0 spiro atoms. The number of hydrogen-bond donors (Lipinski definition) is 1. The standard InChI is InChI=1S/C18H21ClN4S2/c1-4-22(11-14-9-10-16(19)25-14)12-23-18(24)21(3)17(20-23)15-8-6-5-7-13(15)2/h5-10H,4,11-12H2,1-3H3/p+1. The minimum absolute atomic E-state index is 0.741. The Morgan fingerprint density at radius 1 is 1.24 bits per heavy atom. The zero-order valence-corrected chi connectivity index (χ0v) is 17.0. The molecule has 0 aliphatic rings. The van der Waals surface area contributed by atoms with E-state index < -0.39 is 0 Å². The second-order valence-electron chi connectivity index (χ2n) is 6.12. The van der Waals surface area contributed by atoms with Crippen LogP contribution >= 0.6 is 35.2 Å². The molecule has 0 amide bonds. The van der Waals surface area contributed by atoms with Crippen LogP contribution in [0.2, 0.25) is 4.34 Å². The molecular weight excluding hydrogens is 372 g/mol. The lowest BCUT2D eigenvalue weighted by Gasteiger charge is -2.16. The maximum absolute atomic E-state index is 6.05. The predicted octanol–water partition coefficient (Wildman–Crippen LogP) is 3.70. The molecule has 132 valence electrons. The minimum atomic E-state index is 0.741. The summed E-state index contributed by atoms with van der Waals surface area (Å²) in [6.45, 7) is 6.94. The molecule has 1 unspecified atom stereocenters. The van der Waals surface area contributed by atoms with Crippen molar-refractivity contribution in [2.75, 3.05) is 6.54 Å². The van der Waals surface area contributed by atoms with Crippen LogP contribution in [-0.4, -0.2) is 20.9 Å². The van der Waals surface area contributed by atoms with Crippen LogP contribution in [0.1, 0.15) is 17.4 Å². The Balaban J connectivity index is 1.86. The second-order valence-corrected chi connectivity index (χ2v) is 8.29. The third-order valence-electron chi connectivity index (χ3n) is 4.35. The summed E-state index contributed by atoms with van der Waals surface area (Å²) in [5, 5.41) is 4.81. The summed E-state index contributed by atoms with van der Waals surface area (Å²) < 4.78 is 5.51. The quantitative estimate of drug-likeness (QED) is 0.646. The lowest BCUT2D eigenvalue weighted by molar-refractivity contribution is -0.935. The number of aromatic nitrogens is 3. The zero-order valence-electron chi connectivity index (χ0n) is 14.6. The van der Waals surface area contributed by atoms with Gasteiger partial charge in [-0.05, 0) is 43.8 Å². The number of nitrogens with zero attached hydrogens (tertiary/aromatic N) is 3. The Hall–Kier alpha value is -1.47. The highest BCUT2D eigenvalue weighted by Crippen LogP contribution is 2.22. The van der Waals surface area contributed by atoms with E-state index in [2.05, 4.69) is 32.0 Å². The van der Waals surface area contributed by atoms with E-state index in [4.69, 9.17) is 28.9 Å². The lowest BCUT2D eigenvalue weighted by atomic mass is 10.1. The number of quaternary nitrogens is 1. The first kappa shape index (κ1) is 18.3. The lowest BCUT2D eigenvalue weighted by Crippen LogP contribution is -3.09. The molecule has 3 aromatic rings. The molecule has 0 radical (unpaired) electrons. The number of rotatable bonds is 6. The molecule has 3 rings (SSSR count). The minimum Gasteiger partial charge on any atom is -0.312 e. The van der Waals surface area contributed by atoms with Crippen LogP contribution in [0.4, 0.5) is 0 Å². The van der Waals surface area contributed by atoms with Crippen molar-refractivity contribution < 1.29 is 4.90 Å². The summed E-state index contributed by atoms with van der Waals surface area (Å²) in [6.07, 6.45) is 0. The Morgan fingerprint density at radius 2 is 2.00 bits per heavy atom. The van der Waals surface area contributed by atoms with Gasteiger partial charge in [0.25, 0.3) is 0 Å². The van der Waals surface area contributed by atoms with Gasteiger partial charge in [0.05, 0.1) is 15.8 Å². The molecule has 1 aromatic carbocycles. The summed E-state index contributed by atoms with van der Waals surface area (Å²) >= 11 is 13.3. The fourth-order valence-electron chi connectivity index (χ4n) is 2.85. The molecular formula is C18H22ClN4S2+. The third kappa shape index (κ3) is 4.03. The van der Waals surface area contributed by atoms with Crippen molar-refractivity contribution in [3.63, 3.8) is 0 Å². The van der Waals surface area contributed by atoms with Crippen molar-refractivity contribution in [3.8, 4) is 11.4 Å². The molecule has 1 N–H and O–H groups in total. The van der Waals surface area contributed by atoms with Gasteiger partial charge in [0.1, 0.15) is 6.54 Å². The van der Waals surface area contributed by atoms with Crippen LogP contribution in [0.5, 0.6) is 0 Å². The normalized spacial score (nSPS) is 12.5. The third-order valence-corrected chi connectivity index (χ3v) is 6.07. The van der Waals surface area contributed by atoms with E-state index >= 15 is 0 Å². The zero-order chi connectivity index (χ0) is 18.0. The Kier molecular flexibility index (Phi) is 5.74. The molecule has 4 nitrogen and oxygen atoms in total. The Morgan fingerprint density at radius 3 is 2.64 bits per heavy atom. The smallest absolute Gasteiger partial charge is 0.202 e. The fraction of sp³-hybridized carbons (Fsp3) is 0.333. The number of nitrogens with one attached hydrogen (secondary N) is 1. The van der Waals surface area contributed by atoms with E-state index in [9.17, 15) is 0 Å². The molecule has 0 bridgehead atoms. The van der Waals surface area contributed by atoms with Gasteiger partial charge in [-0.2, -0.15) is 4.68 Å². The summed E-state index contributed by atoms with van der Waals surface area (Å²) in [7, 11) is 1.98. The maximum Gasteiger partial charge on any atom is 0.202 e. The van der Waals surface area contributed by atoms with Crippen LogP contribution in [0.25, 0.3) is 11.4 Å². The van der Waals surface area contributed by atoms with E-state index in [1.54, 1.807) is 11.3 Å². The van der Waals surface area contributed by atoms with Crippen molar-refractivity contribution >= 4 is 35.2 Å². The van der Waals surface area contributed by atoms with Crippen molar-refractivity contribution in [3.05, 3.63) is 55.9 Å². The van der Waals surface area contributed by atoms with Gasteiger partial charge in [-0.3, -0.25) is 0 Å². The van der Waals surface area contributed by atoms with Gasteiger partial charge < -0.3 is 9.47 Å². The molecule has 0 aliphatic carbocycles. The van der Waals surface area contributed by atoms with Crippen molar-refractivity contribution in [2.24, 2.45) is 7.05 Å². The number of halogens is 1. The number of benzene rings is 1. The van der Waals surface area contributed by atoms with E-state index in [-0.39, 0.29) is 0 Å². The van der Waals surface area contributed by atoms with Gasteiger partial charge in [-0.1, -0.05) is 35.9 Å². The Bertz CT molecular complexity index is 925. The van der Waals surface area contributed by atoms with Gasteiger partial charge >= 0.3 is 0 Å². The summed E-state index contributed by atoms with van der Waals surface area (Å²) in [5.41, 5.74) is 2.32. The average Bonchev–Trinajstić information content (AvgIpc) is 3.13. The van der Waals surface area contributed by atoms with Gasteiger partial charge in [0, 0.05) is 12.6 Å². The first-order valence-electron chi connectivity index (χ1n) is 8.27. The summed E-state index contributed by atoms with van der Waals surface area (Å²) in [5.74, 6) is 0.915. The van der Waals surface area contributed by atoms with Crippen LogP contribution in [0, 0.1) is 11.7 Å². The molecule has 1 atom stereocenters. The molecule has 7 heteroatoms. The van der Waals surface area contributed by atoms with Crippen molar-refractivity contribution in [1.82, 2.24) is 14.3 Å². The van der Waals surface area contributed by atoms with Crippen LogP contribution in [-0.2, 0) is 20.3 Å². The molecule has 0 saturated heterocycles.